The highest BCUT2D eigenvalue weighted by Crippen LogP contribution is 2.27. The number of aromatic nitrogens is 2. The third-order valence-electron chi connectivity index (χ3n) is 2.12. The molecule has 0 unspecified atom stereocenters. The molecule has 1 heterocycles. The first kappa shape index (κ1) is 9.45. The van der Waals surface area contributed by atoms with Gasteiger partial charge in [0, 0.05) is 18.0 Å². The van der Waals surface area contributed by atoms with E-state index in [2.05, 4.69) is 9.97 Å². The van der Waals surface area contributed by atoms with Gasteiger partial charge in [0.1, 0.15) is 12.1 Å². The van der Waals surface area contributed by atoms with Gasteiger partial charge in [0.25, 0.3) is 0 Å². The summed E-state index contributed by atoms with van der Waals surface area (Å²) < 4.78 is 5.08. The number of methoxy groups -OCH3 is 1. The van der Waals surface area contributed by atoms with Crippen LogP contribution >= 0.6 is 0 Å². The molecule has 0 aliphatic carbocycles. The topological polar surface area (TPSA) is 61.0 Å². The Hall–Kier alpha value is -2.10. The Balaban J connectivity index is 2.43. The molecule has 0 spiro atoms. The second kappa shape index (κ2) is 3.96. The normalized spacial score (nSPS) is 9.93. The third-order valence-corrected chi connectivity index (χ3v) is 2.12. The van der Waals surface area contributed by atoms with Crippen molar-refractivity contribution in [3.63, 3.8) is 0 Å². The molecule has 2 rings (SSSR count). The summed E-state index contributed by atoms with van der Waals surface area (Å²) in [4.78, 5) is 7.90. The van der Waals surface area contributed by atoms with Gasteiger partial charge in [-0.1, -0.05) is 6.07 Å². The molecule has 0 radical (unpaired) electrons. The largest absolute Gasteiger partial charge is 0.495 e. The second-order valence-corrected chi connectivity index (χ2v) is 3.08. The highest BCUT2D eigenvalue weighted by molar-refractivity contribution is 5.69. The summed E-state index contributed by atoms with van der Waals surface area (Å²) in [6, 6.07) is 5.60. The minimum atomic E-state index is 0.610. The quantitative estimate of drug-likeness (QED) is 0.752. The van der Waals surface area contributed by atoms with E-state index >= 15 is 0 Å². The molecule has 0 atom stereocenters. The average molecular weight is 201 g/mol. The van der Waals surface area contributed by atoms with E-state index in [1.54, 1.807) is 19.5 Å². The Morgan fingerprint density at radius 1 is 1.13 bits per heavy atom. The van der Waals surface area contributed by atoms with Crippen LogP contribution < -0.4 is 10.5 Å². The number of benzene rings is 1. The molecule has 4 nitrogen and oxygen atoms in total. The molecule has 2 N–H and O–H groups in total. The molecule has 0 aliphatic rings. The Morgan fingerprint density at radius 2 is 1.87 bits per heavy atom. The molecule has 1 aromatic carbocycles. The van der Waals surface area contributed by atoms with E-state index < -0.39 is 0 Å². The molecule has 76 valence electrons. The summed E-state index contributed by atoms with van der Waals surface area (Å²) in [5, 5.41) is 0. The average Bonchev–Trinajstić information content (AvgIpc) is 2.30. The maximum absolute atomic E-state index is 5.80. The maximum Gasteiger partial charge on any atom is 0.141 e. The first-order valence-electron chi connectivity index (χ1n) is 4.50. The van der Waals surface area contributed by atoms with Crippen LogP contribution in [0.2, 0.25) is 0 Å². The Bertz CT molecular complexity index is 457. The van der Waals surface area contributed by atoms with Crippen LogP contribution in [0.15, 0.2) is 36.9 Å². The molecular formula is C11H11N3O. The summed E-state index contributed by atoms with van der Waals surface area (Å²) in [5.41, 5.74) is 8.33. The summed E-state index contributed by atoms with van der Waals surface area (Å²) in [6.07, 6.45) is 4.98. The number of anilines is 1. The van der Waals surface area contributed by atoms with Gasteiger partial charge in [-0.05, 0) is 17.7 Å². The molecule has 2 aromatic rings. The lowest BCUT2D eigenvalue weighted by Gasteiger charge is -2.06. The van der Waals surface area contributed by atoms with Crippen molar-refractivity contribution in [3.05, 3.63) is 36.9 Å². The van der Waals surface area contributed by atoms with Gasteiger partial charge in [-0.2, -0.15) is 0 Å². The van der Waals surface area contributed by atoms with Gasteiger partial charge in [0.05, 0.1) is 12.8 Å². The molecule has 0 saturated carbocycles. The molecule has 0 saturated heterocycles. The van der Waals surface area contributed by atoms with E-state index in [1.807, 2.05) is 18.2 Å². The number of hydrogen-bond donors (Lipinski definition) is 1. The molecule has 1 aromatic heterocycles. The summed E-state index contributed by atoms with van der Waals surface area (Å²) in [7, 11) is 1.59. The number of nitrogen functional groups attached to an aromatic ring is 1. The summed E-state index contributed by atoms with van der Waals surface area (Å²) in [6.45, 7) is 0. The van der Waals surface area contributed by atoms with Crippen LogP contribution in [0, 0.1) is 0 Å². The van der Waals surface area contributed by atoms with Crippen molar-refractivity contribution in [2.45, 2.75) is 0 Å². The van der Waals surface area contributed by atoms with Crippen molar-refractivity contribution in [1.82, 2.24) is 9.97 Å². The van der Waals surface area contributed by atoms with Crippen molar-refractivity contribution < 1.29 is 4.74 Å². The van der Waals surface area contributed by atoms with Gasteiger partial charge in [-0.3, -0.25) is 0 Å². The van der Waals surface area contributed by atoms with Crippen molar-refractivity contribution >= 4 is 5.69 Å². The van der Waals surface area contributed by atoms with Crippen LogP contribution in [0.4, 0.5) is 5.69 Å². The zero-order chi connectivity index (χ0) is 10.7. The number of nitrogens with zero attached hydrogens (tertiary/aromatic N) is 2. The zero-order valence-electron chi connectivity index (χ0n) is 8.34. The van der Waals surface area contributed by atoms with Gasteiger partial charge >= 0.3 is 0 Å². The SMILES string of the molecule is COc1ccc(-c2cncnc2)cc1N. The lowest BCUT2D eigenvalue weighted by atomic mass is 10.1. The van der Waals surface area contributed by atoms with Gasteiger partial charge in [0.15, 0.2) is 0 Å². The van der Waals surface area contributed by atoms with Crippen molar-refractivity contribution in [1.29, 1.82) is 0 Å². The van der Waals surface area contributed by atoms with Crippen molar-refractivity contribution in [2.24, 2.45) is 0 Å². The zero-order valence-corrected chi connectivity index (χ0v) is 8.34. The van der Waals surface area contributed by atoms with Gasteiger partial charge in [-0.25, -0.2) is 9.97 Å². The molecule has 0 fully saturated rings. The summed E-state index contributed by atoms with van der Waals surface area (Å²) >= 11 is 0. The van der Waals surface area contributed by atoms with Crippen molar-refractivity contribution in [3.8, 4) is 16.9 Å². The second-order valence-electron chi connectivity index (χ2n) is 3.08. The van der Waals surface area contributed by atoms with E-state index in [9.17, 15) is 0 Å². The molecule has 0 aliphatic heterocycles. The third kappa shape index (κ3) is 1.88. The monoisotopic (exact) mass is 201 g/mol. The van der Waals surface area contributed by atoms with Crippen molar-refractivity contribution in [2.75, 3.05) is 12.8 Å². The van der Waals surface area contributed by atoms with Gasteiger partial charge in [0.2, 0.25) is 0 Å². The fourth-order valence-corrected chi connectivity index (χ4v) is 1.36. The smallest absolute Gasteiger partial charge is 0.141 e. The van der Waals surface area contributed by atoms with Gasteiger partial charge in [-0.15, -0.1) is 0 Å². The van der Waals surface area contributed by atoms with Crippen LogP contribution in [0.1, 0.15) is 0 Å². The van der Waals surface area contributed by atoms with E-state index in [1.165, 1.54) is 6.33 Å². The van der Waals surface area contributed by atoms with E-state index in [0.29, 0.717) is 11.4 Å². The molecule has 15 heavy (non-hydrogen) atoms. The van der Waals surface area contributed by atoms with E-state index in [0.717, 1.165) is 11.1 Å². The molecule has 4 heteroatoms. The van der Waals surface area contributed by atoms with E-state index in [4.69, 9.17) is 10.5 Å². The predicted molar refractivity (Wildman–Crippen MR) is 58.4 cm³/mol. The standard InChI is InChI=1S/C11H11N3O/c1-15-11-3-2-8(4-10(11)12)9-5-13-7-14-6-9/h2-7H,12H2,1H3. The lowest BCUT2D eigenvalue weighted by molar-refractivity contribution is 0.417. The maximum atomic E-state index is 5.80. The highest BCUT2D eigenvalue weighted by atomic mass is 16.5. The fraction of sp³-hybridized carbons (Fsp3) is 0.0909. The lowest BCUT2D eigenvalue weighted by Crippen LogP contribution is -1.92. The first-order valence-corrected chi connectivity index (χ1v) is 4.50. The van der Waals surface area contributed by atoms with E-state index in [-0.39, 0.29) is 0 Å². The highest BCUT2D eigenvalue weighted by Gasteiger charge is 2.02. The predicted octanol–water partition coefficient (Wildman–Crippen LogP) is 1.73. The molecular weight excluding hydrogens is 190 g/mol. The number of ether oxygens (including phenoxy) is 1. The molecule has 0 bridgehead atoms. The Kier molecular flexibility index (Phi) is 2.49. The summed E-state index contributed by atoms with van der Waals surface area (Å²) in [5.74, 6) is 0.676. The Labute approximate surface area is 87.7 Å². The number of nitrogens with two attached hydrogens (primary N) is 1. The minimum Gasteiger partial charge on any atom is -0.495 e. The fourth-order valence-electron chi connectivity index (χ4n) is 1.36. The van der Waals surface area contributed by atoms with Crippen LogP contribution in [0.3, 0.4) is 0 Å². The molecule has 0 amide bonds. The minimum absolute atomic E-state index is 0.610. The number of rotatable bonds is 2. The van der Waals surface area contributed by atoms with Gasteiger partial charge < -0.3 is 10.5 Å². The van der Waals surface area contributed by atoms with Crippen LogP contribution in [-0.2, 0) is 0 Å². The first-order chi connectivity index (χ1) is 7.31. The van der Waals surface area contributed by atoms with Crippen LogP contribution in [0.5, 0.6) is 5.75 Å². The number of hydrogen-bond acceptors (Lipinski definition) is 4. The van der Waals surface area contributed by atoms with Crippen LogP contribution in [-0.4, -0.2) is 17.1 Å². The Morgan fingerprint density at radius 3 is 2.47 bits per heavy atom. The van der Waals surface area contributed by atoms with Crippen LogP contribution in [0.25, 0.3) is 11.1 Å².